The van der Waals surface area contributed by atoms with Gasteiger partial charge in [0.05, 0.1) is 22.3 Å². The Labute approximate surface area is 197 Å². The van der Waals surface area contributed by atoms with Crippen molar-refractivity contribution >= 4 is 37.5 Å². The lowest BCUT2D eigenvalue weighted by atomic mass is 10.2. The van der Waals surface area contributed by atoms with Gasteiger partial charge in [-0.1, -0.05) is 26.0 Å². The van der Waals surface area contributed by atoms with Gasteiger partial charge in [-0.15, -0.1) is 11.3 Å². The first-order valence-electron chi connectivity index (χ1n) is 10.5. The SMILES string of the molecule is CCN(CC)S(=O)(=O)c1ccc(CNC(=O)c2sc3nc(COC)nc(OC)c3c2C)cc1. The van der Waals surface area contributed by atoms with E-state index in [-0.39, 0.29) is 24.0 Å². The lowest BCUT2D eigenvalue weighted by Crippen LogP contribution is -2.30. The monoisotopic (exact) mass is 492 g/mol. The molecule has 2 aromatic heterocycles. The van der Waals surface area contributed by atoms with E-state index in [0.717, 1.165) is 11.1 Å². The average Bonchev–Trinajstić information content (AvgIpc) is 3.14. The molecule has 2 heterocycles. The summed E-state index contributed by atoms with van der Waals surface area (Å²) in [6.45, 7) is 6.77. The third-order valence-corrected chi connectivity index (χ3v) is 8.44. The first-order valence-corrected chi connectivity index (χ1v) is 12.7. The van der Waals surface area contributed by atoms with Gasteiger partial charge in [-0.25, -0.2) is 13.4 Å². The van der Waals surface area contributed by atoms with Crippen LogP contribution in [0.5, 0.6) is 5.88 Å². The van der Waals surface area contributed by atoms with E-state index in [0.29, 0.717) is 39.9 Å². The van der Waals surface area contributed by atoms with E-state index >= 15 is 0 Å². The van der Waals surface area contributed by atoms with Crippen molar-refractivity contribution in [2.24, 2.45) is 0 Å². The predicted octanol–water partition coefficient (Wildman–Crippen LogP) is 3.12. The van der Waals surface area contributed by atoms with Gasteiger partial charge in [-0.2, -0.15) is 9.29 Å². The molecule has 1 amide bonds. The molecule has 0 aliphatic rings. The van der Waals surface area contributed by atoms with E-state index < -0.39 is 10.0 Å². The lowest BCUT2D eigenvalue weighted by Gasteiger charge is -2.18. The molecule has 0 saturated carbocycles. The maximum Gasteiger partial charge on any atom is 0.261 e. The quantitative estimate of drug-likeness (QED) is 0.463. The second-order valence-corrected chi connectivity index (χ2v) is 10.2. The molecule has 11 heteroatoms. The van der Waals surface area contributed by atoms with E-state index in [1.54, 1.807) is 45.2 Å². The summed E-state index contributed by atoms with van der Waals surface area (Å²) in [5.74, 6) is 0.644. The van der Waals surface area contributed by atoms with Crippen molar-refractivity contribution in [2.45, 2.75) is 38.8 Å². The number of thiophene rings is 1. The van der Waals surface area contributed by atoms with Crippen molar-refractivity contribution in [3.8, 4) is 5.88 Å². The van der Waals surface area contributed by atoms with Gasteiger partial charge >= 0.3 is 0 Å². The number of aromatic nitrogens is 2. The number of sulfonamides is 1. The number of amides is 1. The Kier molecular flexibility index (Phi) is 8.01. The first kappa shape index (κ1) is 25.0. The maximum atomic E-state index is 12.9. The fourth-order valence-electron chi connectivity index (χ4n) is 3.46. The summed E-state index contributed by atoms with van der Waals surface area (Å²) in [6, 6.07) is 6.55. The molecule has 0 spiro atoms. The molecule has 0 atom stereocenters. The van der Waals surface area contributed by atoms with Crippen LogP contribution in [0.2, 0.25) is 0 Å². The van der Waals surface area contributed by atoms with Crippen LogP contribution in [0.15, 0.2) is 29.2 Å². The van der Waals surface area contributed by atoms with E-state index in [1.165, 1.54) is 22.8 Å². The molecule has 3 aromatic rings. The standard InChI is InChI=1S/C22H28N4O5S2/c1-6-26(7-2)33(28,29)16-10-8-15(9-11-16)12-23-20(27)19-14(3)18-21(31-5)24-17(13-30-4)25-22(18)32-19/h8-11H,6-7,12-13H2,1-5H3,(H,23,27). The first-order chi connectivity index (χ1) is 15.8. The highest BCUT2D eigenvalue weighted by Crippen LogP contribution is 2.35. The molecule has 0 unspecified atom stereocenters. The zero-order chi connectivity index (χ0) is 24.2. The summed E-state index contributed by atoms with van der Waals surface area (Å²) in [5.41, 5.74) is 1.54. The molecule has 9 nitrogen and oxygen atoms in total. The van der Waals surface area contributed by atoms with Gasteiger partial charge in [0.25, 0.3) is 5.91 Å². The molecule has 0 aliphatic carbocycles. The number of ether oxygens (including phenoxy) is 2. The van der Waals surface area contributed by atoms with Crippen LogP contribution in [0.3, 0.4) is 0 Å². The van der Waals surface area contributed by atoms with Crippen LogP contribution in [0.4, 0.5) is 0 Å². The molecule has 0 aliphatic heterocycles. The highest BCUT2D eigenvalue weighted by molar-refractivity contribution is 7.89. The minimum Gasteiger partial charge on any atom is -0.480 e. The van der Waals surface area contributed by atoms with Crippen molar-refractivity contribution < 1.29 is 22.7 Å². The molecule has 1 N–H and O–H groups in total. The minimum absolute atomic E-state index is 0.235. The number of aryl methyl sites for hydroxylation is 1. The van der Waals surface area contributed by atoms with Crippen molar-refractivity contribution in [3.63, 3.8) is 0 Å². The second-order valence-electron chi connectivity index (χ2n) is 7.23. The van der Waals surface area contributed by atoms with Crippen LogP contribution in [-0.2, 0) is 27.9 Å². The van der Waals surface area contributed by atoms with Gasteiger partial charge in [-0.05, 0) is 30.2 Å². The van der Waals surface area contributed by atoms with E-state index in [4.69, 9.17) is 9.47 Å². The number of fused-ring (bicyclic) bond motifs is 1. The van der Waals surface area contributed by atoms with Crippen LogP contribution < -0.4 is 10.1 Å². The van der Waals surface area contributed by atoms with Crippen LogP contribution >= 0.6 is 11.3 Å². The van der Waals surface area contributed by atoms with Crippen LogP contribution in [0.25, 0.3) is 10.2 Å². The van der Waals surface area contributed by atoms with Crippen molar-refractivity contribution in [1.29, 1.82) is 0 Å². The Morgan fingerprint density at radius 1 is 1.12 bits per heavy atom. The molecule has 3 rings (SSSR count). The Morgan fingerprint density at radius 3 is 2.36 bits per heavy atom. The molecule has 0 fully saturated rings. The Morgan fingerprint density at radius 2 is 1.79 bits per heavy atom. The molecule has 1 aromatic carbocycles. The van der Waals surface area contributed by atoms with E-state index in [9.17, 15) is 13.2 Å². The van der Waals surface area contributed by atoms with Gasteiger partial charge < -0.3 is 14.8 Å². The van der Waals surface area contributed by atoms with Crippen molar-refractivity contribution in [3.05, 3.63) is 46.1 Å². The summed E-state index contributed by atoms with van der Waals surface area (Å²) in [6.07, 6.45) is 0. The average molecular weight is 493 g/mol. The van der Waals surface area contributed by atoms with Crippen molar-refractivity contribution in [1.82, 2.24) is 19.6 Å². The minimum atomic E-state index is -3.51. The fourth-order valence-corrected chi connectivity index (χ4v) is 6.02. The largest absolute Gasteiger partial charge is 0.480 e. The van der Waals surface area contributed by atoms with Crippen molar-refractivity contribution in [2.75, 3.05) is 27.3 Å². The number of benzene rings is 1. The molecule has 0 saturated heterocycles. The molecule has 178 valence electrons. The zero-order valence-corrected chi connectivity index (χ0v) is 21.0. The van der Waals surface area contributed by atoms with Gasteiger partial charge in [0, 0.05) is 26.7 Å². The highest BCUT2D eigenvalue weighted by Gasteiger charge is 2.22. The fraction of sp³-hybridized carbons (Fsp3) is 0.409. The maximum absolute atomic E-state index is 12.9. The second kappa shape index (κ2) is 10.6. The van der Waals surface area contributed by atoms with E-state index in [2.05, 4.69) is 15.3 Å². The van der Waals surface area contributed by atoms with Gasteiger partial charge in [0.1, 0.15) is 11.4 Å². The number of nitrogens with zero attached hydrogens (tertiary/aromatic N) is 3. The number of carbonyl (C=O) groups is 1. The molecular formula is C22H28N4O5S2. The summed E-state index contributed by atoms with van der Waals surface area (Å²) in [5, 5.41) is 3.60. The Hall–Kier alpha value is -2.60. The van der Waals surface area contributed by atoms with E-state index in [1.807, 2.05) is 6.92 Å². The predicted molar refractivity (Wildman–Crippen MR) is 127 cm³/mol. The van der Waals surface area contributed by atoms with Crippen LogP contribution in [-0.4, -0.2) is 55.9 Å². The molecule has 0 radical (unpaired) electrons. The number of rotatable bonds is 10. The summed E-state index contributed by atoms with van der Waals surface area (Å²) in [4.78, 5) is 23.1. The number of nitrogens with one attached hydrogen (secondary N) is 1. The number of hydrogen-bond donors (Lipinski definition) is 1. The third kappa shape index (κ3) is 5.16. The lowest BCUT2D eigenvalue weighted by molar-refractivity contribution is 0.0954. The third-order valence-electron chi connectivity index (χ3n) is 5.20. The summed E-state index contributed by atoms with van der Waals surface area (Å²) in [7, 11) is -0.426. The molecule has 33 heavy (non-hydrogen) atoms. The Bertz CT molecular complexity index is 1240. The van der Waals surface area contributed by atoms with Crippen LogP contribution in [0, 0.1) is 6.92 Å². The van der Waals surface area contributed by atoms with Gasteiger partial charge in [0.2, 0.25) is 15.9 Å². The number of carbonyl (C=O) groups excluding carboxylic acids is 1. The smallest absolute Gasteiger partial charge is 0.261 e. The highest BCUT2D eigenvalue weighted by atomic mass is 32.2. The Balaban J connectivity index is 1.78. The molecule has 0 bridgehead atoms. The topological polar surface area (TPSA) is 111 Å². The van der Waals surface area contributed by atoms with Crippen LogP contribution in [0.1, 0.15) is 40.5 Å². The normalized spacial score (nSPS) is 11.8. The summed E-state index contributed by atoms with van der Waals surface area (Å²) < 4.78 is 37.2. The number of hydrogen-bond acceptors (Lipinski definition) is 8. The van der Waals surface area contributed by atoms with Gasteiger partial charge in [0.15, 0.2) is 5.82 Å². The summed E-state index contributed by atoms with van der Waals surface area (Å²) >= 11 is 1.27. The zero-order valence-electron chi connectivity index (χ0n) is 19.3. The van der Waals surface area contributed by atoms with Gasteiger partial charge in [-0.3, -0.25) is 4.79 Å². The molecular weight excluding hydrogens is 464 g/mol. The number of methoxy groups -OCH3 is 2.